The van der Waals surface area contributed by atoms with Gasteiger partial charge in [-0.3, -0.25) is 0 Å². The van der Waals surface area contributed by atoms with Gasteiger partial charge in [0.1, 0.15) is 35.0 Å². The average Bonchev–Trinajstić information content (AvgIpc) is 3.28. The molecule has 0 radical (unpaired) electrons. The van der Waals surface area contributed by atoms with E-state index in [0.29, 0.717) is 11.8 Å². The second-order valence-corrected chi connectivity index (χ2v) is 12.0. The van der Waals surface area contributed by atoms with E-state index in [1.165, 1.54) is 32.8 Å². The molecule has 0 fully saturated rings. The van der Waals surface area contributed by atoms with Crippen LogP contribution >= 0.6 is 7.26 Å². The molecule has 1 aromatic heterocycles. The minimum atomic E-state index is -4.39. The first kappa shape index (κ1) is 24.0. The largest absolute Gasteiger partial charge is 0.416 e. The summed E-state index contributed by atoms with van der Waals surface area (Å²) in [5, 5.41) is 13.0. The zero-order valence-corrected chi connectivity index (χ0v) is 20.5. The summed E-state index contributed by atoms with van der Waals surface area (Å²) in [7, 11) is -2.17. The fourth-order valence-electron chi connectivity index (χ4n) is 4.45. The van der Waals surface area contributed by atoms with Crippen LogP contribution in [0.15, 0.2) is 115 Å². The Balaban J connectivity index is 1.64. The number of benzene rings is 4. The molecule has 0 atom stereocenters. The first-order valence-electron chi connectivity index (χ1n) is 11.5. The summed E-state index contributed by atoms with van der Waals surface area (Å²) < 4.78 is 39.1. The van der Waals surface area contributed by atoms with Gasteiger partial charge >= 0.3 is 6.18 Å². The average molecular weight is 503 g/mol. The summed E-state index contributed by atoms with van der Waals surface area (Å²) in [6.45, 7) is 1.90. The van der Waals surface area contributed by atoms with Crippen molar-refractivity contribution in [3.05, 3.63) is 132 Å². The van der Waals surface area contributed by atoms with Crippen molar-refractivity contribution in [2.45, 2.75) is 19.3 Å². The Labute approximate surface area is 208 Å². The molecule has 36 heavy (non-hydrogen) atoms. The predicted molar refractivity (Wildman–Crippen MR) is 140 cm³/mol. The van der Waals surface area contributed by atoms with Gasteiger partial charge in [-0.2, -0.15) is 23.1 Å². The van der Waals surface area contributed by atoms with Crippen LogP contribution in [-0.2, 0) is 12.3 Å². The Morgan fingerprint density at radius 2 is 1.08 bits per heavy atom. The molecule has 5 aromatic rings. The number of rotatable bonds is 6. The van der Waals surface area contributed by atoms with E-state index in [2.05, 4.69) is 77.9 Å². The van der Waals surface area contributed by atoms with E-state index in [1.54, 1.807) is 0 Å². The molecule has 0 saturated heterocycles. The molecule has 0 unspecified atom stereocenters. The van der Waals surface area contributed by atoms with Crippen molar-refractivity contribution in [3.63, 3.8) is 0 Å². The number of hydrogen-bond donors (Lipinski definition) is 0. The fraction of sp³-hybridized carbons (Fsp3) is 0.103. The van der Waals surface area contributed by atoms with E-state index >= 15 is 0 Å². The third kappa shape index (κ3) is 4.57. The minimum Gasteiger partial charge on any atom is -0.166 e. The highest BCUT2D eigenvalue weighted by molar-refractivity contribution is 7.95. The first-order valence-corrected chi connectivity index (χ1v) is 13.5. The Morgan fingerprint density at radius 3 is 1.50 bits per heavy atom. The van der Waals surface area contributed by atoms with Crippen LogP contribution in [0, 0.1) is 6.92 Å². The molecule has 0 bridgehead atoms. The van der Waals surface area contributed by atoms with E-state index in [4.69, 9.17) is 5.10 Å². The van der Waals surface area contributed by atoms with E-state index in [-0.39, 0.29) is 0 Å². The Bertz CT molecular complexity index is 1340. The Kier molecular flexibility index (Phi) is 6.46. The van der Waals surface area contributed by atoms with Gasteiger partial charge in [-0.1, -0.05) is 54.6 Å². The van der Waals surface area contributed by atoms with Gasteiger partial charge in [0.05, 0.1) is 16.9 Å². The van der Waals surface area contributed by atoms with Crippen LogP contribution in [0.2, 0.25) is 0 Å². The van der Waals surface area contributed by atoms with Crippen LogP contribution in [0.5, 0.6) is 0 Å². The number of nitrogens with zero attached hydrogens (tertiary/aromatic N) is 3. The van der Waals surface area contributed by atoms with Crippen molar-refractivity contribution >= 4 is 23.2 Å². The standard InChI is InChI=1S/C29H24F3N3P/c1-22-28(34-35(33-22)24-19-17-23(18-20-24)29(30,31)32)21-36(25-11-5-2-6-12-25,26-13-7-3-8-14-26)27-15-9-4-10-16-27/h2-20H,21H2,1H3/q+1. The summed E-state index contributed by atoms with van der Waals surface area (Å²) in [4.78, 5) is 1.43. The summed E-state index contributed by atoms with van der Waals surface area (Å²) in [6.07, 6.45) is -3.75. The third-order valence-corrected chi connectivity index (χ3v) is 10.6. The zero-order chi connectivity index (χ0) is 25.2. The van der Waals surface area contributed by atoms with Gasteiger partial charge in [0.15, 0.2) is 0 Å². The maximum absolute atomic E-state index is 13.0. The Morgan fingerprint density at radius 1 is 0.639 bits per heavy atom. The normalized spacial score (nSPS) is 12.0. The van der Waals surface area contributed by atoms with Gasteiger partial charge in [-0.25, -0.2) is 0 Å². The van der Waals surface area contributed by atoms with Gasteiger partial charge in [0, 0.05) is 0 Å². The fourth-order valence-corrected chi connectivity index (χ4v) is 8.67. The maximum atomic E-state index is 13.0. The topological polar surface area (TPSA) is 30.7 Å². The lowest BCUT2D eigenvalue weighted by Gasteiger charge is -2.27. The van der Waals surface area contributed by atoms with E-state index < -0.39 is 19.0 Å². The van der Waals surface area contributed by atoms with Crippen molar-refractivity contribution in [2.75, 3.05) is 0 Å². The third-order valence-electron chi connectivity index (χ3n) is 6.28. The molecule has 0 aliphatic heterocycles. The molecule has 0 saturated carbocycles. The van der Waals surface area contributed by atoms with E-state index in [0.717, 1.165) is 23.5 Å². The maximum Gasteiger partial charge on any atom is 0.416 e. The second-order valence-electron chi connectivity index (χ2n) is 8.54. The number of halogens is 3. The van der Waals surface area contributed by atoms with Gasteiger partial charge in [-0.15, -0.1) is 5.10 Å². The number of hydrogen-bond acceptors (Lipinski definition) is 2. The SMILES string of the molecule is Cc1nn(-c2ccc(C(F)(F)F)cc2)nc1C[P+](c1ccccc1)(c1ccccc1)c1ccccc1. The highest BCUT2D eigenvalue weighted by atomic mass is 31.2. The van der Waals surface area contributed by atoms with Crippen LogP contribution in [0.4, 0.5) is 13.2 Å². The summed E-state index contributed by atoms with van der Waals surface area (Å²) >= 11 is 0. The highest BCUT2D eigenvalue weighted by Gasteiger charge is 2.46. The molecule has 180 valence electrons. The lowest BCUT2D eigenvalue weighted by atomic mass is 10.2. The summed E-state index contributed by atoms with van der Waals surface area (Å²) in [6, 6.07) is 36.3. The quantitative estimate of drug-likeness (QED) is 0.263. The minimum absolute atomic E-state index is 0.486. The van der Waals surface area contributed by atoms with Crippen molar-refractivity contribution in [2.24, 2.45) is 0 Å². The van der Waals surface area contributed by atoms with Crippen molar-refractivity contribution in [1.82, 2.24) is 15.0 Å². The highest BCUT2D eigenvalue weighted by Crippen LogP contribution is 2.58. The zero-order valence-electron chi connectivity index (χ0n) is 19.6. The summed E-state index contributed by atoms with van der Waals surface area (Å²) in [5.41, 5.74) is 1.36. The molecule has 0 aliphatic rings. The van der Waals surface area contributed by atoms with Gasteiger partial charge in [0.25, 0.3) is 0 Å². The van der Waals surface area contributed by atoms with E-state index in [1.807, 2.05) is 25.1 Å². The van der Waals surface area contributed by atoms with Crippen molar-refractivity contribution in [3.8, 4) is 5.69 Å². The lowest BCUT2D eigenvalue weighted by molar-refractivity contribution is -0.137. The van der Waals surface area contributed by atoms with Gasteiger partial charge in [0.2, 0.25) is 0 Å². The molecule has 5 rings (SSSR count). The van der Waals surface area contributed by atoms with Crippen molar-refractivity contribution < 1.29 is 13.2 Å². The van der Waals surface area contributed by atoms with E-state index in [9.17, 15) is 13.2 Å². The first-order chi connectivity index (χ1) is 17.4. The molecule has 1 heterocycles. The second kappa shape index (κ2) is 9.71. The summed E-state index contributed by atoms with van der Waals surface area (Å²) in [5.74, 6) is 0. The molecule has 0 aliphatic carbocycles. The van der Waals surface area contributed by atoms with Crippen LogP contribution < -0.4 is 15.9 Å². The van der Waals surface area contributed by atoms with Crippen molar-refractivity contribution in [1.29, 1.82) is 0 Å². The molecule has 0 N–H and O–H groups in total. The monoisotopic (exact) mass is 502 g/mol. The molecule has 0 spiro atoms. The van der Waals surface area contributed by atoms with Crippen LogP contribution in [-0.4, -0.2) is 15.0 Å². The molecular formula is C29H24F3N3P+. The molecule has 3 nitrogen and oxygen atoms in total. The Hall–Kier alpha value is -3.76. The van der Waals surface area contributed by atoms with Crippen LogP contribution in [0.3, 0.4) is 0 Å². The number of aromatic nitrogens is 3. The van der Waals surface area contributed by atoms with Gasteiger partial charge < -0.3 is 0 Å². The molecule has 7 heteroatoms. The molecule has 0 amide bonds. The van der Waals surface area contributed by atoms with Gasteiger partial charge in [-0.05, 0) is 67.6 Å². The lowest BCUT2D eigenvalue weighted by Crippen LogP contribution is -2.32. The predicted octanol–water partition coefficient (Wildman–Crippen LogP) is 6.09. The van der Waals surface area contributed by atoms with Crippen LogP contribution in [0.1, 0.15) is 17.0 Å². The smallest absolute Gasteiger partial charge is 0.166 e. The van der Waals surface area contributed by atoms with Crippen LogP contribution in [0.25, 0.3) is 5.69 Å². The molecule has 4 aromatic carbocycles. The number of aryl methyl sites for hydroxylation is 1. The molecular weight excluding hydrogens is 478 g/mol. The number of alkyl halides is 3.